The van der Waals surface area contributed by atoms with Gasteiger partial charge in [-0.25, -0.2) is 8.42 Å². The second kappa shape index (κ2) is 8.90. The number of likely N-dealkylation sites (tertiary alicyclic amines) is 1. The zero-order valence-electron chi connectivity index (χ0n) is 17.5. The number of sulfone groups is 1. The highest BCUT2D eigenvalue weighted by Gasteiger charge is 2.38. The maximum absolute atomic E-state index is 13.1. The molecule has 1 aliphatic heterocycles. The quantitative estimate of drug-likeness (QED) is 0.682. The van der Waals surface area contributed by atoms with Crippen LogP contribution in [-0.4, -0.2) is 55.6 Å². The van der Waals surface area contributed by atoms with Gasteiger partial charge in [0.05, 0.1) is 11.3 Å². The summed E-state index contributed by atoms with van der Waals surface area (Å²) in [7, 11) is -3.21. The van der Waals surface area contributed by atoms with Crippen molar-refractivity contribution in [2.45, 2.75) is 55.6 Å². The summed E-state index contributed by atoms with van der Waals surface area (Å²) in [6, 6.07) is 18.0. The third-order valence-electron chi connectivity index (χ3n) is 6.13. The third-order valence-corrected chi connectivity index (χ3v) is 7.26. The third kappa shape index (κ3) is 5.29. The first-order valence-corrected chi connectivity index (χ1v) is 12.7. The molecule has 1 saturated carbocycles. The molecule has 0 unspecified atom stereocenters. The lowest BCUT2D eigenvalue weighted by Gasteiger charge is -2.39. The van der Waals surface area contributed by atoms with Crippen LogP contribution in [0.5, 0.6) is 0 Å². The average molecular weight is 427 g/mol. The number of amides is 1. The molecule has 1 aliphatic carbocycles. The van der Waals surface area contributed by atoms with Crippen molar-refractivity contribution in [3.8, 4) is 0 Å². The monoisotopic (exact) mass is 426 g/mol. The van der Waals surface area contributed by atoms with E-state index >= 15 is 0 Å². The number of carbonyl (C=O) groups excluding carboxylic acids is 1. The van der Waals surface area contributed by atoms with Crippen molar-refractivity contribution in [2.24, 2.45) is 0 Å². The lowest BCUT2D eigenvalue weighted by Crippen LogP contribution is -2.48. The number of nitrogens with zero attached hydrogens (tertiary/aromatic N) is 2. The second-order valence-corrected chi connectivity index (χ2v) is 10.6. The van der Waals surface area contributed by atoms with Gasteiger partial charge in [-0.1, -0.05) is 42.5 Å². The number of hydrogen-bond donors (Lipinski definition) is 0. The minimum atomic E-state index is -3.21. The van der Waals surface area contributed by atoms with Gasteiger partial charge in [-0.3, -0.25) is 9.69 Å². The fraction of sp³-hybridized carbons (Fsp3) is 0.458. The maximum Gasteiger partial charge on any atom is 0.227 e. The summed E-state index contributed by atoms with van der Waals surface area (Å²) in [5.74, 6) is 0.172. The molecule has 2 fully saturated rings. The highest BCUT2D eigenvalue weighted by atomic mass is 32.2. The van der Waals surface area contributed by atoms with Crippen molar-refractivity contribution >= 4 is 15.7 Å². The van der Waals surface area contributed by atoms with E-state index in [2.05, 4.69) is 34.1 Å². The smallest absolute Gasteiger partial charge is 0.227 e. The lowest BCUT2D eigenvalue weighted by molar-refractivity contribution is -0.134. The van der Waals surface area contributed by atoms with Gasteiger partial charge >= 0.3 is 0 Å². The van der Waals surface area contributed by atoms with Crippen molar-refractivity contribution in [1.82, 2.24) is 9.80 Å². The van der Waals surface area contributed by atoms with Crippen LogP contribution in [0.25, 0.3) is 0 Å². The molecule has 160 valence electrons. The molecule has 2 aromatic rings. The van der Waals surface area contributed by atoms with E-state index in [4.69, 9.17) is 0 Å². The zero-order valence-corrected chi connectivity index (χ0v) is 18.4. The van der Waals surface area contributed by atoms with Gasteiger partial charge in [-0.2, -0.15) is 0 Å². The van der Waals surface area contributed by atoms with Crippen LogP contribution < -0.4 is 0 Å². The first kappa shape index (κ1) is 21.1. The number of hydrogen-bond acceptors (Lipinski definition) is 4. The van der Waals surface area contributed by atoms with Gasteiger partial charge in [0.25, 0.3) is 0 Å². The highest BCUT2D eigenvalue weighted by Crippen LogP contribution is 2.33. The van der Waals surface area contributed by atoms with E-state index in [-0.39, 0.29) is 5.91 Å². The van der Waals surface area contributed by atoms with E-state index < -0.39 is 9.84 Å². The summed E-state index contributed by atoms with van der Waals surface area (Å²) in [6.45, 7) is 3.00. The largest absolute Gasteiger partial charge is 0.336 e. The fourth-order valence-corrected chi connectivity index (χ4v) is 5.01. The van der Waals surface area contributed by atoms with E-state index in [0.29, 0.717) is 23.4 Å². The lowest BCUT2D eigenvalue weighted by atomic mass is 10.0. The van der Waals surface area contributed by atoms with Crippen molar-refractivity contribution in [3.05, 3.63) is 65.7 Å². The van der Waals surface area contributed by atoms with Crippen LogP contribution >= 0.6 is 0 Å². The second-order valence-electron chi connectivity index (χ2n) is 8.62. The molecule has 4 rings (SSSR count). The Balaban J connectivity index is 1.35. The van der Waals surface area contributed by atoms with Crippen molar-refractivity contribution in [2.75, 3.05) is 19.3 Å². The van der Waals surface area contributed by atoms with Gasteiger partial charge in [-0.05, 0) is 48.9 Å². The van der Waals surface area contributed by atoms with Crippen molar-refractivity contribution in [1.29, 1.82) is 0 Å². The van der Waals surface area contributed by atoms with E-state index in [1.807, 2.05) is 6.07 Å². The van der Waals surface area contributed by atoms with Crippen LogP contribution in [0.4, 0.5) is 0 Å². The number of carbonyl (C=O) groups is 1. The predicted octanol–water partition coefficient (Wildman–Crippen LogP) is 3.29. The van der Waals surface area contributed by atoms with Gasteiger partial charge in [0.15, 0.2) is 9.84 Å². The van der Waals surface area contributed by atoms with Gasteiger partial charge in [0.2, 0.25) is 5.91 Å². The zero-order chi connectivity index (χ0) is 21.1. The van der Waals surface area contributed by atoms with Crippen molar-refractivity contribution in [3.63, 3.8) is 0 Å². The molecule has 0 bridgehead atoms. The Morgan fingerprint density at radius 2 is 1.50 bits per heavy atom. The minimum absolute atomic E-state index is 0.172. The van der Waals surface area contributed by atoms with Gasteiger partial charge < -0.3 is 4.90 Å². The Morgan fingerprint density at radius 3 is 2.07 bits per heavy atom. The van der Waals surface area contributed by atoms with E-state index in [1.54, 1.807) is 24.3 Å². The summed E-state index contributed by atoms with van der Waals surface area (Å²) in [6.07, 6.45) is 5.77. The number of piperidine rings is 1. The Bertz CT molecular complexity index is 961. The molecule has 0 aromatic heterocycles. The molecule has 1 heterocycles. The molecule has 1 saturated heterocycles. The van der Waals surface area contributed by atoms with Gasteiger partial charge in [0, 0.05) is 38.0 Å². The molecule has 1 amide bonds. The van der Waals surface area contributed by atoms with Crippen LogP contribution in [0.15, 0.2) is 59.5 Å². The predicted molar refractivity (Wildman–Crippen MR) is 118 cm³/mol. The van der Waals surface area contributed by atoms with Crippen LogP contribution in [0.2, 0.25) is 0 Å². The Labute approximate surface area is 179 Å². The van der Waals surface area contributed by atoms with Crippen LogP contribution in [-0.2, 0) is 27.6 Å². The molecule has 6 heteroatoms. The Hall–Kier alpha value is -2.18. The minimum Gasteiger partial charge on any atom is -0.336 e. The van der Waals surface area contributed by atoms with E-state index in [9.17, 15) is 13.2 Å². The molecule has 0 atom stereocenters. The standard InChI is InChI=1S/C24H30N2O3S/c1-30(28,29)23-11-7-19(8-12-23)17-24(27)26(21-9-10-21)22-13-15-25(16-14-22)18-20-5-3-2-4-6-20/h2-8,11-12,21-22H,9-10,13-18H2,1H3. The molecule has 30 heavy (non-hydrogen) atoms. The molecular formula is C24H30N2O3S. The number of rotatable bonds is 7. The highest BCUT2D eigenvalue weighted by molar-refractivity contribution is 7.90. The summed E-state index contributed by atoms with van der Waals surface area (Å²) in [4.78, 5) is 18.1. The Kier molecular flexibility index (Phi) is 6.25. The van der Waals surface area contributed by atoms with Crippen molar-refractivity contribution < 1.29 is 13.2 Å². The van der Waals surface area contributed by atoms with E-state index in [0.717, 1.165) is 50.9 Å². The van der Waals surface area contributed by atoms with Gasteiger partial charge in [0.1, 0.15) is 0 Å². The molecule has 0 radical (unpaired) electrons. The van der Waals surface area contributed by atoms with E-state index in [1.165, 1.54) is 11.8 Å². The molecule has 0 spiro atoms. The van der Waals surface area contributed by atoms with Crippen LogP contribution in [0, 0.1) is 0 Å². The topological polar surface area (TPSA) is 57.7 Å². The Morgan fingerprint density at radius 1 is 0.900 bits per heavy atom. The molecule has 5 nitrogen and oxygen atoms in total. The molecule has 2 aromatic carbocycles. The summed E-state index contributed by atoms with van der Waals surface area (Å²) >= 11 is 0. The maximum atomic E-state index is 13.1. The molecule has 2 aliphatic rings. The van der Waals surface area contributed by atoms with Crippen LogP contribution in [0.3, 0.4) is 0 Å². The fourth-order valence-electron chi connectivity index (χ4n) is 4.38. The van der Waals surface area contributed by atoms with Gasteiger partial charge in [-0.15, -0.1) is 0 Å². The summed E-state index contributed by atoms with van der Waals surface area (Å²) in [5.41, 5.74) is 2.21. The average Bonchev–Trinajstić information content (AvgIpc) is 3.55. The number of benzene rings is 2. The first-order valence-electron chi connectivity index (χ1n) is 10.8. The SMILES string of the molecule is CS(=O)(=O)c1ccc(CC(=O)N(C2CC2)C2CCN(Cc3ccccc3)CC2)cc1. The van der Waals surface area contributed by atoms with Crippen LogP contribution in [0.1, 0.15) is 36.8 Å². The normalized spacial score (nSPS) is 18.3. The summed E-state index contributed by atoms with van der Waals surface area (Å²) in [5, 5.41) is 0. The first-order chi connectivity index (χ1) is 14.4. The molecule has 0 N–H and O–H groups in total. The summed E-state index contributed by atoms with van der Waals surface area (Å²) < 4.78 is 23.3. The molecular weight excluding hydrogens is 396 g/mol.